The van der Waals surface area contributed by atoms with Crippen LogP contribution in [0.2, 0.25) is 0 Å². The standard InChI is InChI=1S/C8H13N2.C2HN3/c1-8(3-4-8)10-6-5-9(2)7-10;3-1-5-2-4/h5-7H,3-4H2,1-2H3;5H/q+1;. The molecular weight excluding hydrogens is 190 g/mol. The Hall–Kier alpha value is -2.01. The summed E-state index contributed by atoms with van der Waals surface area (Å²) in [5.41, 5.74) is 0.460. The van der Waals surface area contributed by atoms with Gasteiger partial charge in [0.15, 0.2) is 12.4 Å². The summed E-state index contributed by atoms with van der Waals surface area (Å²) < 4.78 is 4.39. The van der Waals surface area contributed by atoms with Gasteiger partial charge in [0.25, 0.3) is 0 Å². The van der Waals surface area contributed by atoms with Gasteiger partial charge in [-0.3, -0.25) is 0 Å². The Bertz CT molecular complexity index is 390. The summed E-state index contributed by atoms with van der Waals surface area (Å²) in [5, 5.41) is 16.7. The minimum absolute atomic E-state index is 0.460. The number of aryl methyl sites for hydroxylation is 1. The maximum absolute atomic E-state index is 7.48. The van der Waals surface area contributed by atoms with Gasteiger partial charge in [-0.15, -0.1) is 0 Å². The largest absolute Gasteiger partial charge is 0.243 e. The van der Waals surface area contributed by atoms with Crippen molar-refractivity contribution in [2.75, 3.05) is 0 Å². The Morgan fingerprint density at radius 1 is 1.40 bits per heavy atom. The van der Waals surface area contributed by atoms with E-state index in [1.54, 1.807) is 5.32 Å². The molecule has 0 unspecified atom stereocenters. The Balaban J connectivity index is 0.000000195. The normalized spacial score (nSPS) is 15.2. The van der Waals surface area contributed by atoms with Gasteiger partial charge < -0.3 is 0 Å². The van der Waals surface area contributed by atoms with Gasteiger partial charge in [-0.05, 0) is 19.8 Å². The van der Waals surface area contributed by atoms with Crippen LogP contribution < -0.4 is 9.88 Å². The smallest absolute Gasteiger partial charge is 0.240 e. The van der Waals surface area contributed by atoms with Crippen molar-refractivity contribution in [1.29, 1.82) is 10.5 Å². The molecule has 0 atom stereocenters. The lowest BCUT2D eigenvalue weighted by atomic mass is 10.3. The molecule has 1 fully saturated rings. The molecule has 1 N–H and O–H groups in total. The Kier molecular flexibility index (Phi) is 3.30. The summed E-state index contributed by atoms with van der Waals surface area (Å²) in [6, 6.07) is 0. The first-order valence-electron chi connectivity index (χ1n) is 4.69. The van der Waals surface area contributed by atoms with Crippen molar-refractivity contribution in [3.05, 3.63) is 18.7 Å². The number of hydrogen-bond donors (Lipinski definition) is 1. The van der Waals surface area contributed by atoms with E-state index in [1.807, 2.05) is 0 Å². The fourth-order valence-electron chi connectivity index (χ4n) is 1.23. The third-order valence-corrected chi connectivity index (χ3v) is 2.48. The summed E-state index contributed by atoms with van der Waals surface area (Å²) in [4.78, 5) is 0. The molecule has 0 saturated heterocycles. The highest BCUT2D eigenvalue weighted by atomic mass is 15.2. The van der Waals surface area contributed by atoms with E-state index in [0.29, 0.717) is 5.54 Å². The first kappa shape index (κ1) is 11.1. The first-order chi connectivity index (χ1) is 7.12. The van der Waals surface area contributed by atoms with Crippen molar-refractivity contribution < 1.29 is 4.57 Å². The van der Waals surface area contributed by atoms with Crippen molar-refractivity contribution in [3.8, 4) is 12.4 Å². The maximum Gasteiger partial charge on any atom is 0.243 e. The quantitative estimate of drug-likeness (QED) is 0.408. The summed E-state index contributed by atoms with van der Waals surface area (Å²) in [6.45, 7) is 2.30. The lowest BCUT2D eigenvalue weighted by Gasteiger charge is -2.00. The summed E-state index contributed by atoms with van der Waals surface area (Å²) in [7, 11) is 2.06. The maximum atomic E-state index is 7.48. The van der Waals surface area contributed by atoms with Gasteiger partial charge in [0.2, 0.25) is 6.33 Å². The predicted molar refractivity (Wildman–Crippen MR) is 52.9 cm³/mol. The van der Waals surface area contributed by atoms with Crippen LogP contribution in [-0.2, 0) is 12.6 Å². The number of nitrogens with one attached hydrogen (secondary N) is 1. The highest BCUT2D eigenvalue weighted by molar-refractivity contribution is 4.83. The molecule has 0 aliphatic heterocycles. The lowest BCUT2D eigenvalue weighted by molar-refractivity contribution is -0.735. The van der Waals surface area contributed by atoms with E-state index in [4.69, 9.17) is 10.5 Å². The zero-order valence-electron chi connectivity index (χ0n) is 8.94. The summed E-state index contributed by atoms with van der Waals surface area (Å²) in [6.07, 6.45) is 11.9. The van der Waals surface area contributed by atoms with E-state index in [0.717, 1.165) is 0 Å². The van der Waals surface area contributed by atoms with Crippen LogP contribution in [-0.4, -0.2) is 4.57 Å². The van der Waals surface area contributed by atoms with Crippen LogP contribution in [0.25, 0.3) is 0 Å². The van der Waals surface area contributed by atoms with Crippen molar-refractivity contribution in [2.24, 2.45) is 7.05 Å². The Morgan fingerprint density at radius 2 is 2.00 bits per heavy atom. The van der Waals surface area contributed by atoms with Crippen LogP contribution in [0.1, 0.15) is 19.8 Å². The molecule has 0 spiro atoms. The van der Waals surface area contributed by atoms with Crippen LogP contribution in [0.3, 0.4) is 0 Å². The lowest BCUT2D eigenvalue weighted by Crippen LogP contribution is -2.42. The molecule has 78 valence electrons. The fourth-order valence-corrected chi connectivity index (χ4v) is 1.23. The molecule has 0 amide bonds. The van der Waals surface area contributed by atoms with E-state index in [2.05, 4.69) is 41.8 Å². The minimum atomic E-state index is 0.460. The molecule has 1 heterocycles. The molecule has 5 nitrogen and oxygen atoms in total. The topological polar surface area (TPSA) is 68.4 Å². The third kappa shape index (κ3) is 2.99. The fraction of sp³-hybridized carbons (Fsp3) is 0.500. The van der Waals surface area contributed by atoms with Crippen molar-refractivity contribution in [1.82, 2.24) is 9.88 Å². The number of rotatable bonds is 1. The molecule has 1 aliphatic rings. The first-order valence-corrected chi connectivity index (χ1v) is 4.69. The molecule has 0 bridgehead atoms. The van der Waals surface area contributed by atoms with E-state index in [-0.39, 0.29) is 0 Å². The average molecular weight is 204 g/mol. The molecule has 0 radical (unpaired) electrons. The molecule has 15 heavy (non-hydrogen) atoms. The second-order valence-electron chi connectivity index (χ2n) is 3.83. The van der Waals surface area contributed by atoms with Crippen LogP contribution >= 0.6 is 0 Å². The number of imidazole rings is 1. The van der Waals surface area contributed by atoms with Crippen LogP contribution in [0.5, 0.6) is 0 Å². The second kappa shape index (κ2) is 4.47. The SMILES string of the molecule is Cn1cc[n+](C2(C)CC2)c1.N#CNC#N. The van der Waals surface area contributed by atoms with E-state index in [1.165, 1.54) is 25.2 Å². The number of aromatic nitrogens is 2. The molecule has 0 aromatic carbocycles. The van der Waals surface area contributed by atoms with Gasteiger partial charge in [0.1, 0.15) is 17.9 Å². The molecule has 1 aromatic rings. The van der Waals surface area contributed by atoms with Crippen LogP contribution in [0.4, 0.5) is 0 Å². The van der Waals surface area contributed by atoms with Crippen LogP contribution in [0.15, 0.2) is 18.7 Å². The average Bonchev–Trinajstić information content (AvgIpc) is 2.78. The highest BCUT2D eigenvalue weighted by Gasteiger charge is 2.43. The van der Waals surface area contributed by atoms with E-state index < -0.39 is 0 Å². The molecule has 5 heteroatoms. The molecule has 2 rings (SSSR count). The van der Waals surface area contributed by atoms with E-state index in [9.17, 15) is 0 Å². The number of hydrogen-bond acceptors (Lipinski definition) is 3. The van der Waals surface area contributed by atoms with E-state index >= 15 is 0 Å². The Morgan fingerprint density at radius 3 is 2.27 bits per heavy atom. The molecule has 1 saturated carbocycles. The van der Waals surface area contributed by atoms with Crippen molar-refractivity contribution in [3.63, 3.8) is 0 Å². The predicted octanol–water partition coefficient (Wildman–Crippen LogP) is 0.360. The van der Waals surface area contributed by atoms with Gasteiger partial charge in [-0.1, -0.05) is 0 Å². The molecular formula is C10H14N5+. The zero-order chi connectivity index (χ0) is 11.3. The summed E-state index contributed by atoms with van der Waals surface area (Å²) in [5.74, 6) is 0. The minimum Gasteiger partial charge on any atom is -0.240 e. The third-order valence-electron chi connectivity index (χ3n) is 2.48. The second-order valence-corrected chi connectivity index (χ2v) is 3.83. The Labute approximate surface area is 89.2 Å². The zero-order valence-corrected chi connectivity index (χ0v) is 8.94. The van der Waals surface area contributed by atoms with Gasteiger partial charge in [0, 0.05) is 0 Å². The van der Waals surface area contributed by atoms with Gasteiger partial charge >= 0.3 is 0 Å². The molecule has 1 aliphatic carbocycles. The monoisotopic (exact) mass is 204 g/mol. The van der Waals surface area contributed by atoms with Gasteiger partial charge in [0.05, 0.1) is 7.05 Å². The highest BCUT2D eigenvalue weighted by Crippen LogP contribution is 2.37. The number of nitriles is 2. The number of nitrogens with zero attached hydrogens (tertiary/aromatic N) is 4. The van der Waals surface area contributed by atoms with Crippen molar-refractivity contribution in [2.45, 2.75) is 25.3 Å². The van der Waals surface area contributed by atoms with Gasteiger partial charge in [-0.2, -0.15) is 10.5 Å². The van der Waals surface area contributed by atoms with Crippen LogP contribution in [0, 0.1) is 22.9 Å². The summed E-state index contributed by atoms with van der Waals surface area (Å²) >= 11 is 0. The van der Waals surface area contributed by atoms with Crippen molar-refractivity contribution >= 4 is 0 Å². The molecule has 1 aromatic heterocycles. The van der Waals surface area contributed by atoms with Gasteiger partial charge in [-0.25, -0.2) is 14.5 Å².